The van der Waals surface area contributed by atoms with E-state index >= 15 is 0 Å². The van der Waals surface area contributed by atoms with E-state index in [1.807, 2.05) is 0 Å². The summed E-state index contributed by atoms with van der Waals surface area (Å²) in [6, 6.07) is 12.2. The standard InChI is InChI=1S/C21H22N2O5/c1-13(21(26)27)22-19(24)15-4-8-17(9-5-15)23-20(25)16-6-10-18(11-7-16)28-12-14-2-3-14/h4-11,13-14H,2-3,12H2,1H3,(H,22,24)(H,23,25)(H,26,27). The molecule has 3 N–H and O–H groups in total. The van der Waals surface area contributed by atoms with Gasteiger partial charge in [-0.3, -0.25) is 14.4 Å². The van der Waals surface area contributed by atoms with E-state index in [1.165, 1.54) is 31.9 Å². The predicted molar refractivity (Wildman–Crippen MR) is 104 cm³/mol. The Morgan fingerprint density at radius 1 is 1.00 bits per heavy atom. The van der Waals surface area contributed by atoms with E-state index in [4.69, 9.17) is 9.84 Å². The van der Waals surface area contributed by atoms with Crippen LogP contribution in [0.5, 0.6) is 5.75 Å². The van der Waals surface area contributed by atoms with Gasteiger partial charge in [0.2, 0.25) is 0 Å². The maximum atomic E-state index is 12.3. The summed E-state index contributed by atoms with van der Waals surface area (Å²) in [5.41, 5.74) is 1.33. The number of carbonyl (C=O) groups is 3. The highest BCUT2D eigenvalue weighted by Crippen LogP contribution is 2.29. The van der Waals surface area contributed by atoms with Crippen molar-refractivity contribution in [1.82, 2.24) is 5.32 Å². The molecule has 0 heterocycles. The fraction of sp³-hybridized carbons (Fsp3) is 0.286. The predicted octanol–water partition coefficient (Wildman–Crippen LogP) is 2.93. The van der Waals surface area contributed by atoms with Gasteiger partial charge in [-0.05, 0) is 74.2 Å². The molecule has 1 saturated carbocycles. The van der Waals surface area contributed by atoms with Crippen LogP contribution in [-0.2, 0) is 4.79 Å². The number of amides is 2. The third kappa shape index (κ3) is 5.33. The Balaban J connectivity index is 1.54. The zero-order valence-corrected chi connectivity index (χ0v) is 15.5. The number of hydrogen-bond acceptors (Lipinski definition) is 4. The molecular weight excluding hydrogens is 360 g/mol. The summed E-state index contributed by atoms with van der Waals surface area (Å²) in [7, 11) is 0. The Morgan fingerprint density at radius 3 is 2.14 bits per heavy atom. The van der Waals surface area contributed by atoms with Crippen molar-refractivity contribution < 1.29 is 24.2 Å². The highest BCUT2D eigenvalue weighted by atomic mass is 16.5. The minimum absolute atomic E-state index is 0.273. The van der Waals surface area contributed by atoms with E-state index in [-0.39, 0.29) is 5.91 Å². The van der Waals surface area contributed by atoms with Crippen LogP contribution in [0.4, 0.5) is 5.69 Å². The number of carboxylic acid groups (broad SMARTS) is 1. The summed E-state index contributed by atoms with van der Waals surface area (Å²) >= 11 is 0. The minimum atomic E-state index is -1.11. The SMILES string of the molecule is CC(NC(=O)c1ccc(NC(=O)c2ccc(OCC3CC3)cc2)cc1)C(=O)O. The van der Waals surface area contributed by atoms with E-state index in [0.29, 0.717) is 22.7 Å². The second kappa shape index (κ2) is 8.56. The number of hydrogen-bond donors (Lipinski definition) is 3. The Labute approximate surface area is 162 Å². The molecule has 1 fully saturated rings. The summed E-state index contributed by atoms with van der Waals surface area (Å²) in [5, 5.41) is 14.0. The number of carboxylic acids is 1. The molecule has 0 aromatic heterocycles. The Hall–Kier alpha value is -3.35. The van der Waals surface area contributed by atoms with Gasteiger partial charge in [0.1, 0.15) is 11.8 Å². The van der Waals surface area contributed by atoms with Crippen molar-refractivity contribution in [2.45, 2.75) is 25.8 Å². The van der Waals surface area contributed by atoms with Crippen molar-refractivity contribution in [3.05, 3.63) is 59.7 Å². The van der Waals surface area contributed by atoms with Crippen molar-refractivity contribution in [1.29, 1.82) is 0 Å². The molecule has 3 rings (SSSR count). The molecule has 0 spiro atoms. The summed E-state index contributed by atoms with van der Waals surface area (Å²) in [4.78, 5) is 35.1. The smallest absolute Gasteiger partial charge is 0.325 e. The molecule has 0 radical (unpaired) electrons. The van der Waals surface area contributed by atoms with Gasteiger partial charge in [0, 0.05) is 16.8 Å². The lowest BCUT2D eigenvalue weighted by atomic mass is 10.1. The largest absolute Gasteiger partial charge is 0.493 e. The van der Waals surface area contributed by atoms with Gasteiger partial charge in [-0.25, -0.2) is 0 Å². The molecule has 28 heavy (non-hydrogen) atoms. The van der Waals surface area contributed by atoms with Crippen molar-refractivity contribution >= 4 is 23.5 Å². The van der Waals surface area contributed by atoms with Crippen molar-refractivity contribution in [3.8, 4) is 5.75 Å². The molecule has 7 nitrogen and oxygen atoms in total. The summed E-state index contributed by atoms with van der Waals surface area (Å²) in [6.07, 6.45) is 2.44. The van der Waals surface area contributed by atoms with Gasteiger partial charge in [0.25, 0.3) is 11.8 Å². The van der Waals surface area contributed by atoms with Gasteiger partial charge in [0.15, 0.2) is 0 Å². The Morgan fingerprint density at radius 2 is 1.57 bits per heavy atom. The number of nitrogens with one attached hydrogen (secondary N) is 2. The maximum absolute atomic E-state index is 12.3. The highest BCUT2D eigenvalue weighted by molar-refractivity contribution is 6.04. The summed E-state index contributed by atoms with van der Waals surface area (Å²) in [6.45, 7) is 2.10. The van der Waals surface area contributed by atoms with Crippen LogP contribution >= 0.6 is 0 Å². The number of benzene rings is 2. The average molecular weight is 382 g/mol. The van der Waals surface area contributed by atoms with Crippen molar-refractivity contribution in [3.63, 3.8) is 0 Å². The molecule has 1 aliphatic rings. The zero-order valence-electron chi connectivity index (χ0n) is 15.5. The first-order chi connectivity index (χ1) is 13.4. The minimum Gasteiger partial charge on any atom is -0.493 e. The molecule has 1 atom stereocenters. The first-order valence-corrected chi connectivity index (χ1v) is 9.10. The molecule has 0 bridgehead atoms. The van der Waals surface area contributed by atoms with Crippen LogP contribution in [0.3, 0.4) is 0 Å². The molecule has 2 amide bonds. The van der Waals surface area contributed by atoms with Crippen LogP contribution in [0.15, 0.2) is 48.5 Å². The maximum Gasteiger partial charge on any atom is 0.325 e. The number of ether oxygens (including phenoxy) is 1. The van der Waals surface area contributed by atoms with E-state index in [2.05, 4.69) is 10.6 Å². The second-order valence-corrected chi connectivity index (χ2v) is 6.84. The van der Waals surface area contributed by atoms with Gasteiger partial charge in [0.05, 0.1) is 6.61 Å². The molecular formula is C21H22N2O5. The third-order valence-corrected chi connectivity index (χ3v) is 4.42. The van der Waals surface area contributed by atoms with Crippen LogP contribution < -0.4 is 15.4 Å². The van der Waals surface area contributed by atoms with Gasteiger partial charge < -0.3 is 20.5 Å². The lowest BCUT2D eigenvalue weighted by Crippen LogP contribution is -2.38. The molecule has 7 heteroatoms. The van der Waals surface area contributed by atoms with Crippen LogP contribution in [0.25, 0.3) is 0 Å². The Bertz CT molecular complexity index is 857. The van der Waals surface area contributed by atoms with Crippen molar-refractivity contribution in [2.75, 3.05) is 11.9 Å². The summed E-state index contributed by atoms with van der Waals surface area (Å²) < 4.78 is 5.65. The first kappa shape index (κ1) is 19.4. The van der Waals surface area contributed by atoms with Crippen LogP contribution in [0.1, 0.15) is 40.5 Å². The topological polar surface area (TPSA) is 105 Å². The van der Waals surface area contributed by atoms with E-state index < -0.39 is 17.9 Å². The van der Waals surface area contributed by atoms with E-state index in [0.717, 1.165) is 12.4 Å². The quantitative estimate of drug-likeness (QED) is 0.651. The number of rotatable bonds is 8. The van der Waals surface area contributed by atoms with Gasteiger partial charge in [-0.1, -0.05) is 0 Å². The Kier molecular flexibility index (Phi) is 5.93. The van der Waals surface area contributed by atoms with Crippen molar-refractivity contribution in [2.24, 2.45) is 5.92 Å². The van der Waals surface area contributed by atoms with Gasteiger partial charge in [-0.2, -0.15) is 0 Å². The first-order valence-electron chi connectivity index (χ1n) is 9.10. The number of aliphatic carboxylic acids is 1. The van der Waals surface area contributed by atoms with E-state index in [9.17, 15) is 14.4 Å². The monoisotopic (exact) mass is 382 g/mol. The molecule has 146 valence electrons. The van der Waals surface area contributed by atoms with Gasteiger partial charge in [-0.15, -0.1) is 0 Å². The number of anilines is 1. The molecule has 2 aromatic carbocycles. The molecule has 1 unspecified atom stereocenters. The fourth-order valence-electron chi connectivity index (χ4n) is 2.45. The normalized spacial score (nSPS) is 14.0. The molecule has 1 aliphatic carbocycles. The third-order valence-electron chi connectivity index (χ3n) is 4.42. The van der Waals surface area contributed by atoms with Crippen LogP contribution in [0.2, 0.25) is 0 Å². The van der Waals surface area contributed by atoms with Crippen LogP contribution in [0, 0.1) is 5.92 Å². The second-order valence-electron chi connectivity index (χ2n) is 6.84. The molecule has 2 aromatic rings. The lowest BCUT2D eigenvalue weighted by Gasteiger charge is -2.10. The molecule has 0 saturated heterocycles. The van der Waals surface area contributed by atoms with Crippen LogP contribution in [-0.4, -0.2) is 35.5 Å². The fourth-order valence-corrected chi connectivity index (χ4v) is 2.45. The zero-order chi connectivity index (χ0) is 20.1. The summed E-state index contributed by atoms with van der Waals surface area (Å²) in [5.74, 6) is -0.462. The average Bonchev–Trinajstić information content (AvgIpc) is 3.51. The van der Waals surface area contributed by atoms with Gasteiger partial charge >= 0.3 is 5.97 Å². The number of carbonyl (C=O) groups excluding carboxylic acids is 2. The molecule has 0 aliphatic heterocycles. The highest BCUT2D eigenvalue weighted by Gasteiger charge is 2.22. The lowest BCUT2D eigenvalue weighted by molar-refractivity contribution is -0.138. The van der Waals surface area contributed by atoms with E-state index in [1.54, 1.807) is 36.4 Å².